The lowest BCUT2D eigenvalue weighted by atomic mass is 10.1. The summed E-state index contributed by atoms with van der Waals surface area (Å²) in [5, 5.41) is 6.57. The molecule has 2 N–H and O–H groups in total. The Labute approximate surface area is 169 Å². The molecular weight excluding hydrogens is 384 g/mol. The van der Waals surface area contributed by atoms with Crippen LogP contribution in [-0.2, 0) is 16.0 Å². The van der Waals surface area contributed by atoms with Gasteiger partial charge in [0.15, 0.2) is 5.11 Å². The molecule has 1 amide bonds. The van der Waals surface area contributed by atoms with Gasteiger partial charge in [-0.15, -0.1) is 0 Å². The van der Waals surface area contributed by atoms with E-state index in [4.69, 9.17) is 33.3 Å². The summed E-state index contributed by atoms with van der Waals surface area (Å²) in [6, 6.07) is 14.6. The normalized spacial score (nSPS) is 16.0. The molecule has 0 aliphatic carbocycles. The van der Waals surface area contributed by atoms with Crippen molar-refractivity contribution in [2.45, 2.75) is 25.4 Å². The zero-order valence-electron chi connectivity index (χ0n) is 14.7. The van der Waals surface area contributed by atoms with E-state index in [9.17, 15) is 4.79 Å². The van der Waals surface area contributed by atoms with Crippen LogP contribution in [0.3, 0.4) is 0 Å². The Balaban J connectivity index is 1.52. The van der Waals surface area contributed by atoms with Gasteiger partial charge >= 0.3 is 0 Å². The van der Waals surface area contributed by atoms with E-state index in [2.05, 4.69) is 10.6 Å². The number of halogens is 1. The molecule has 2 aromatic rings. The Bertz CT molecular complexity index is 792. The summed E-state index contributed by atoms with van der Waals surface area (Å²) in [6.07, 6.45) is 2.42. The second-order valence-corrected chi connectivity index (χ2v) is 7.09. The Morgan fingerprint density at radius 2 is 2.00 bits per heavy atom. The molecule has 2 aromatic carbocycles. The maximum Gasteiger partial charge on any atom is 0.230 e. The highest BCUT2D eigenvalue weighted by Crippen LogP contribution is 2.25. The van der Waals surface area contributed by atoms with Gasteiger partial charge in [0.2, 0.25) is 5.91 Å². The first-order valence-corrected chi connectivity index (χ1v) is 9.57. The molecule has 142 valence electrons. The number of anilines is 1. The first-order valence-electron chi connectivity index (χ1n) is 8.79. The molecule has 0 bridgehead atoms. The second-order valence-electron chi connectivity index (χ2n) is 6.25. The summed E-state index contributed by atoms with van der Waals surface area (Å²) in [5.41, 5.74) is 1.56. The smallest absolute Gasteiger partial charge is 0.230 e. The van der Waals surface area contributed by atoms with E-state index < -0.39 is 0 Å². The SMILES string of the molecule is O=C(Cc1ccc(Cl)cc1)NC(=S)Nc1ccccc1OCC1CCCO1. The van der Waals surface area contributed by atoms with Gasteiger partial charge in [-0.1, -0.05) is 35.9 Å². The van der Waals surface area contributed by atoms with Gasteiger partial charge in [-0.05, 0) is 54.9 Å². The van der Waals surface area contributed by atoms with Crippen molar-refractivity contribution in [2.75, 3.05) is 18.5 Å². The molecule has 1 heterocycles. The van der Waals surface area contributed by atoms with Crippen LogP contribution in [0.1, 0.15) is 18.4 Å². The standard InChI is InChI=1S/C20H21ClN2O3S/c21-15-9-7-14(8-10-15)12-19(24)23-20(27)22-17-5-1-2-6-18(17)26-13-16-4-3-11-25-16/h1-2,5-10,16H,3-4,11-13H2,(H2,22,23,24,27). The number of amides is 1. The number of hydrogen-bond acceptors (Lipinski definition) is 4. The topological polar surface area (TPSA) is 59.6 Å². The van der Waals surface area contributed by atoms with Crippen molar-refractivity contribution >= 4 is 40.5 Å². The molecule has 1 saturated heterocycles. The summed E-state index contributed by atoms with van der Waals surface area (Å²) < 4.78 is 11.4. The molecule has 1 aliphatic heterocycles. The summed E-state index contributed by atoms with van der Waals surface area (Å²) in [6.45, 7) is 1.28. The third-order valence-corrected chi connectivity index (χ3v) is 4.57. The van der Waals surface area contributed by atoms with Crippen LogP contribution in [0, 0.1) is 0 Å². The van der Waals surface area contributed by atoms with Crippen LogP contribution in [-0.4, -0.2) is 30.3 Å². The Kier molecular flexibility index (Phi) is 7.04. The van der Waals surface area contributed by atoms with E-state index in [-0.39, 0.29) is 23.5 Å². The van der Waals surface area contributed by atoms with Crippen molar-refractivity contribution in [1.82, 2.24) is 5.32 Å². The third-order valence-electron chi connectivity index (χ3n) is 4.11. The average Bonchev–Trinajstić information content (AvgIpc) is 3.16. The predicted molar refractivity (Wildman–Crippen MR) is 110 cm³/mol. The highest BCUT2D eigenvalue weighted by Gasteiger charge is 2.17. The molecule has 1 atom stereocenters. The van der Waals surface area contributed by atoms with Gasteiger partial charge in [0.1, 0.15) is 12.4 Å². The van der Waals surface area contributed by atoms with Crippen LogP contribution in [0.2, 0.25) is 5.02 Å². The van der Waals surface area contributed by atoms with Gasteiger partial charge in [-0.2, -0.15) is 0 Å². The maximum atomic E-state index is 12.2. The molecule has 0 aromatic heterocycles. The van der Waals surface area contributed by atoms with Crippen LogP contribution in [0.15, 0.2) is 48.5 Å². The lowest BCUT2D eigenvalue weighted by Crippen LogP contribution is -2.35. The van der Waals surface area contributed by atoms with E-state index in [0.29, 0.717) is 23.1 Å². The molecule has 7 heteroatoms. The molecule has 1 aliphatic rings. The minimum atomic E-state index is -0.201. The first kappa shape index (κ1) is 19.6. The number of benzene rings is 2. The molecule has 0 radical (unpaired) electrons. The fourth-order valence-corrected chi connectivity index (χ4v) is 3.12. The van der Waals surface area contributed by atoms with E-state index in [1.807, 2.05) is 36.4 Å². The summed E-state index contributed by atoms with van der Waals surface area (Å²) in [5.74, 6) is 0.467. The van der Waals surface area contributed by atoms with Gasteiger partial charge in [0.25, 0.3) is 0 Å². The highest BCUT2D eigenvalue weighted by molar-refractivity contribution is 7.80. The van der Waals surface area contributed by atoms with E-state index in [1.54, 1.807) is 12.1 Å². The highest BCUT2D eigenvalue weighted by atomic mass is 35.5. The van der Waals surface area contributed by atoms with Crippen LogP contribution < -0.4 is 15.4 Å². The van der Waals surface area contributed by atoms with E-state index in [0.717, 1.165) is 25.0 Å². The monoisotopic (exact) mass is 404 g/mol. The molecule has 3 rings (SSSR count). The second kappa shape index (κ2) is 9.69. The molecule has 0 spiro atoms. The van der Waals surface area contributed by atoms with Crippen molar-refractivity contribution in [3.8, 4) is 5.75 Å². The Morgan fingerprint density at radius 1 is 1.22 bits per heavy atom. The van der Waals surface area contributed by atoms with Crippen molar-refractivity contribution in [3.63, 3.8) is 0 Å². The van der Waals surface area contributed by atoms with E-state index in [1.165, 1.54) is 0 Å². The predicted octanol–water partition coefficient (Wildman–Crippen LogP) is 3.95. The quantitative estimate of drug-likeness (QED) is 0.714. The fraction of sp³-hybridized carbons (Fsp3) is 0.300. The van der Waals surface area contributed by atoms with Crippen molar-refractivity contribution < 1.29 is 14.3 Å². The zero-order chi connectivity index (χ0) is 19.1. The molecule has 1 unspecified atom stereocenters. The van der Waals surface area contributed by atoms with Crippen LogP contribution >= 0.6 is 23.8 Å². The van der Waals surface area contributed by atoms with Gasteiger partial charge in [-0.25, -0.2) is 0 Å². The average molecular weight is 405 g/mol. The molecule has 5 nitrogen and oxygen atoms in total. The van der Waals surface area contributed by atoms with Crippen molar-refractivity contribution in [2.24, 2.45) is 0 Å². The van der Waals surface area contributed by atoms with Crippen LogP contribution in [0.4, 0.5) is 5.69 Å². The van der Waals surface area contributed by atoms with Crippen LogP contribution in [0.25, 0.3) is 0 Å². The summed E-state index contributed by atoms with van der Waals surface area (Å²) >= 11 is 11.1. The number of carbonyl (C=O) groups excluding carboxylic acids is 1. The maximum absolute atomic E-state index is 12.2. The lowest BCUT2D eigenvalue weighted by molar-refractivity contribution is -0.119. The number of ether oxygens (including phenoxy) is 2. The minimum Gasteiger partial charge on any atom is -0.489 e. The van der Waals surface area contributed by atoms with Gasteiger partial charge in [0.05, 0.1) is 18.2 Å². The van der Waals surface area contributed by atoms with Gasteiger partial charge in [0, 0.05) is 11.6 Å². The largest absolute Gasteiger partial charge is 0.489 e. The third kappa shape index (κ3) is 6.20. The van der Waals surface area contributed by atoms with Gasteiger partial charge in [-0.3, -0.25) is 4.79 Å². The summed E-state index contributed by atoms with van der Waals surface area (Å²) in [7, 11) is 0. The zero-order valence-corrected chi connectivity index (χ0v) is 16.3. The first-order chi connectivity index (χ1) is 13.1. The summed E-state index contributed by atoms with van der Waals surface area (Å²) in [4.78, 5) is 12.2. The van der Waals surface area contributed by atoms with Crippen molar-refractivity contribution in [3.05, 3.63) is 59.1 Å². The molecule has 1 fully saturated rings. The molecule has 27 heavy (non-hydrogen) atoms. The Morgan fingerprint density at radius 3 is 2.74 bits per heavy atom. The number of rotatable bonds is 6. The Hall–Kier alpha value is -2.15. The number of nitrogens with one attached hydrogen (secondary N) is 2. The minimum absolute atomic E-state index is 0.129. The van der Waals surface area contributed by atoms with E-state index >= 15 is 0 Å². The lowest BCUT2D eigenvalue weighted by Gasteiger charge is -2.16. The number of thiocarbonyl (C=S) groups is 1. The van der Waals surface area contributed by atoms with Crippen LogP contribution in [0.5, 0.6) is 5.75 Å². The fourth-order valence-electron chi connectivity index (χ4n) is 2.77. The van der Waals surface area contributed by atoms with Crippen molar-refractivity contribution in [1.29, 1.82) is 0 Å². The number of carbonyl (C=O) groups is 1. The molecule has 0 saturated carbocycles. The number of para-hydroxylation sites is 2. The van der Waals surface area contributed by atoms with Gasteiger partial charge < -0.3 is 20.1 Å². The molecular formula is C20H21ClN2O3S. The number of hydrogen-bond donors (Lipinski definition) is 2.